The minimum Gasteiger partial charge on any atom is -0.497 e. The van der Waals surface area contributed by atoms with Gasteiger partial charge in [0.1, 0.15) is 17.5 Å². The Labute approximate surface area is 243 Å². The summed E-state index contributed by atoms with van der Waals surface area (Å²) in [4.78, 5) is 25.8. The number of hydrogen-bond donors (Lipinski definition) is 2. The third kappa shape index (κ3) is 6.87. The highest BCUT2D eigenvalue weighted by Gasteiger charge is 2.42. The number of ether oxygens (including phenoxy) is 1. The second-order valence-corrected chi connectivity index (χ2v) is 12.2. The number of carbonyl (C=O) groups excluding carboxylic acids is 1. The molecule has 1 aliphatic rings. The van der Waals surface area contributed by atoms with Crippen molar-refractivity contribution in [1.29, 1.82) is 0 Å². The number of rotatable bonds is 11. The molecule has 0 saturated carbocycles. The third-order valence-electron chi connectivity index (χ3n) is 6.63. The molecule has 1 fully saturated rings. The van der Waals surface area contributed by atoms with Crippen LogP contribution < -0.4 is 14.4 Å². The maximum atomic E-state index is 13.6. The van der Waals surface area contributed by atoms with Gasteiger partial charge >= 0.3 is 5.97 Å². The van der Waals surface area contributed by atoms with Crippen molar-refractivity contribution in [3.63, 3.8) is 0 Å². The summed E-state index contributed by atoms with van der Waals surface area (Å²) in [5, 5.41) is 12.5. The van der Waals surface area contributed by atoms with Gasteiger partial charge in [0, 0.05) is 29.2 Å². The molecule has 0 aromatic heterocycles. The van der Waals surface area contributed by atoms with Crippen LogP contribution in [-0.4, -0.2) is 68.3 Å². The van der Waals surface area contributed by atoms with Crippen LogP contribution in [0.5, 0.6) is 5.75 Å². The molecule has 3 aromatic carbocycles. The molecule has 212 valence electrons. The van der Waals surface area contributed by atoms with E-state index in [1.807, 2.05) is 24.3 Å². The summed E-state index contributed by atoms with van der Waals surface area (Å²) < 4.78 is 33.8. The predicted octanol–water partition coefficient (Wildman–Crippen LogP) is 4.20. The summed E-state index contributed by atoms with van der Waals surface area (Å²) in [7, 11) is -2.73. The van der Waals surface area contributed by atoms with Gasteiger partial charge in [-0.25, -0.2) is 8.42 Å². The van der Waals surface area contributed by atoms with E-state index in [-0.39, 0.29) is 6.04 Å². The Balaban J connectivity index is 1.64. The second-order valence-electron chi connectivity index (χ2n) is 9.49. The SMILES string of the molecule is COc1cccc(N(C2CN(C(c3ccc(Cl)cc3)c3ccc(Cl)cc3)C2)S(=O)(=O)CC(=O)NC(C)C(=O)O)c1. The van der Waals surface area contributed by atoms with Gasteiger partial charge in [0.05, 0.1) is 24.9 Å². The van der Waals surface area contributed by atoms with Gasteiger partial charge in [0.15, 0.2) is 0 Å². The average molecular weight is 607 g/mol. The summed E-state index contributed by atoms with van der Waals surface area (Å²) in [5.41, 5.74) is 2.30. The number of methoxy groups -OCH3 is 1. The van der Waals surface area contributed by atoms with Crippen LogP contribution in [0.3, 0.4) is 0 Å². The third-order valence-corrected chi connectivity index (χ3v) is 8.87. The van der Waals surface area contributed by atoms with E-state index in [1.165, 1.54) is 18.3 Å². The van der Waals surface area contributed by atoms with Gasteiger partial charge in [-0.3, -0.25) is 18.8 Å². The first-order valence-electron chi connectivity index (χ1n) is 12.4. The van der Waals surface area contributed by atoms with Crippen LogP contribution in [0.4, 0.5) is 5.69 Å². The van der Waals surface area contributed by atoms with E-state index in [9.17, 15) is 18.0 Å². The maximum absolute atomic E-state index is 13.6. The molecule has 0 aliphatic carbocycles. The van der Waals surface area contributed by atoms with E-state index in [1.54, 1.807) is 48.5 Å². The van der Waals surface area contributed by atoms with Crippen LogP contribution in [0.2, 0.25) is 10.0 Å². The van der Waals surface area contributed by atoms with Gasteiger partial charge in [-0.05, 0) is 54.4 Å². The molecule has 4 rings (SSSR count). The monoisotopic (exact) mass is 605 g/mol. The maximum Gasteiger partial charge on any atom is 0.325 e. The Kier molecular flexibility index (Phi) is 9.25. The zero-order valence-corrected chi connectivity index (χ0v) is 24.2. The lowest BCUT2D eigenvalue weighted by molar-refractivity contribution is -0.140. The zero-order valence-electron chi connectivity index (χ0n) is 21.8. The molecule has 0 radical (unpaired) electrons. The summed E-state index contributed by atoms with van der Waals surface area (Å²) in [6, 6.07) is 19.6. The van der Waals surface area contributed by atoms with E-state index >= 15 is 0 Å². The Morgan fingerprint density at radius 2 is 1.57 bits per heavy atom. The van der Waals surface area contributed by atoms with E-state index in [0.29, 0.717) is 34.6 Å². The van der Waals surface area contributed by atoms with E-state index in [0.717, 1.165) is 11.1 Å². The lowest BCUT2D eigenvalue weighted by Gasteiger charge is -2.49. The molecule has 1 atom stereocenters. The topological polar surface area (TPSA) is 116 Å². The number of halogens is 2. The number of carbonyl (C=O) groups is 2. The van der Waals surface area contributed by atoms with Crippen LogP contribution >= 0.6 is 23.2 Å². The van der Waals surface area contributed by atoms with Crippen LogP contribution in [0.25, 0.3) is 0 Å². The van der Waals surface area contributed by atoms with Crippen molar-refractivity contribution >= 4 is 50.8 Å². The lowest BCUT2D eigenvalue weighted by atomic mass is 9.93. The number of benzene rings is 3. The fourth-order valence-electron chi connectivity index (χ4n) is 4.68. The Morgan fingerprint density at radius 1 is 1.02 bits per heavy atom. The number of sulfonamides is 1. The van der Waals surface area contributed by atoms with Gasteiger partial charge in [0.25, 0.3) is 0 Å². The Bertz CT molecular complexity index is 1420. The molecule has 3 aromatic rings. The number of anilines is 1. The molecule has 2 N–H and O–H groups in total. The molecule has 12 heteroatoms. The number of amides is 1. The minimum atomic E-state index is -4.21. The van der Waals surface area contributed by atoms with Gasteiger partial charge in [-0.15, -0.1) is 0 Å². The smallest absolute Gasteiger partial charge is 0.325 e. The average Bonchev–Trinajstić information content (AvgIpc) is 2.88. The second kappa shape index (κ2) is 12.5. The van der Waals surface area contributed by atoms with Gasteiger partial charge in [-0.1, -0.05) is 53.5 Å². The summed E-state index contributed by atoms with van der Waals surface area (Å²) >= 11 is 12.3. The molecule has 40 heavy (non-hydrogen) atoms. The number of nitrogens with zero attached hydrogens (tertiary/aromatic N) is 2. The van der Waals surface area contributed by atoms with Gasteiger partial charge < -0.3 is 15.2 Å². The van der Waals surface area contributed by atoms with E-state index in [2.05, 4.69) is 10.2 Å². The molecular weight excluding hydrogens is 577 g/mol. The van der Waals surface area contributed by atoms with Crippen molar-refractivity contribution in [1.82, 2.24) is 10.2 Å². The van der Waals surface area contributed by atoms with Crippen LogP contribution in [0.15, 0.2) is 72.8 Å². The summed E-state index contributed by atoms with van der Waals surface area (Å²) in [6.45, 7) is 1.99. The van der Waals surface area contributed by atoms with Gasteiger partial charge in [0.2, 0.25) is 15.9 Å². The van der Waals surface area contributed by atoms with Crippen LogP contribution in [0.1, 0.15) is 24.1 Å². The number of nitrogens with one attached hydrogen (secondary N) is 1. The predicted molar refractivity (Wildman–Crippen MR) is 155 cm³/mol. The normalized spacial score (nSPS) is 14.8. The Morgan fingerprint density at radius 3 is 2.08 bits per heavy atom. The van der Waals surface area contributed by atoms with Crippen LogP contribution in [-0.2, 0) is 19.6 Å². The number of carboxylic acid groups (broad SMARTS) is 1. The fraction of sp³-hybridized carbons (Fsp3) is 0.286. The number of carboxylic acids is 1. The number of aliphatic carboxylic acids is 1. The highest BCUT2D eigenvalue weighted by Crippen LogP contribution is 2.37. The molecular formula is C28H29Cl2N3O6S. The molecule has 9 nitrogen and oxygen atoms in total. The van der Waals surface area contributed by atoms with Crippen molar-refractivity contribution in [3.05, 3.63) is 94.0 Å². The van der Waals surface area contributed by atoms with Crippen molar-refractivity contribution < 1.29 is 27.9 Å². The highest BCUT2D eigenvalue weighted by atomic mass is 35.5. The molecule has 1 unspecified atom stereocenters. The van der Waals surface area contributed by atoms with Crippen LogP contribution in [0, 0.1) is 0 Å². The lowest BCUT2D eigenvalue weighted by Crippen LogP contribution is -2.62. The fourth-order valence-corrected chi connectivity index (χ4v) is 6.51. The van der Waals surface area contributed by atoms with Crippen molar-refractivity contribution in [2.24, 2.45) is 0 Å². The number of hydrogen-bond acceptors (Lipinski definition) is 6. The van der Waals surface area contributed by atoms with E-state index in [4.69, 9.17) is 33.0 Å². The molecule has 1 heterocycles. The first kappa shape index (κ1) is 29.7. The van der Waals surface area contributed by atoms with Crippen molar-refractivity contribution in [2.45, 2.75) is 25.0 Å². The summed E-state index contributed by atoms with van der Waals surface area (Å²) in [5.74, 6) is -2.62. The molecule has 1 amide bonds. The first-order chi connectivity index (χ1) is 19.0. The van der Waals surface area contributed by atoms with Crippen molar-refractivity contribution in [2.75, 3.05) is 30.3 Å². The standard InChI is InChI=1S/C28H29Cl2N3O6S/c1-18(28(35)36)31-26(34)17-40(37,38)33(23-4-3-5-25(14-23)39-2)24-15-32(16-24)27(19-6-10-21(29)11-7-19)20-8-12-22(30)13-9-20/h3-14,18,24,27H,15-17H2,1-2H3,(H,31,34)(H,35,36). The quantitative estimate of drug-likeness (QED) is 0.336. The molecule has 1 saturated heterocycles. The largest absolute Gasteiger partial charge is 0.497 e. The number of likely N-dealkylation sites (tertiary alicyclic amines) is 1. The highest BCUT2D eigenvalue weighted by molar-refractivity contribution is 7.93. The van der Waals surface area contributed by atoms with E-state index < -0.39 is 39.7 Å². The first-order valence-corrected chi connectivity index (χ1v) is 14.8. The Hall–Kier alpha value is -3.31. The minimum absolute atomic E-state index is 0.194. The van der Waals surface area contributed by atoms with Crippen molar-refractivity contribution in [3.8, 4) is 5.75 Å². The zero-order chi connectivity index (χ0) is 29.0. The molecule has 0 bridgehead atoms. The molecule has 0 spiro atoms. The van der Waals surface area contributed by atoms with Gasteiger partial charge in [-0.2, -0.15) is 0 Å². The summed E-state index contributed by atoms with van der Waals surface area (Å²) in [6.07, 6.45) is 0. The molecule has 1 aliphatic heterocycles.